The van der Waals surface area contributed by atoms with Crippen LogP contribution in [0.15, 0.2) is 66.9 Å². The quantitative estimate of drug-likeness (QED) is 0.609. The SMILES string of the molecule is CC(NC(=O)c1cnc2c(c1)N(Cc1ccccc1)C(=O)CN2)c1ccc(O)cc1. The average molecular weight is 402 g/mol. The molecule has 3 aromatic rings. The van der Waals surface area contributed by atoms with E-state index in [1.807, 2.05) is 37.3 Å². The summed E-state index contributed by atoms with van der Waals surface area (Å²) < 4.78 is 0. The molecule has 152 valence electrons. The largest absolute Gasteiger partial charge is 0.508 e. The third-order valence-electron chi connectivity index (χ3n) is 5.05. The Morgan fingerprint density at radius 2 is 1.93 bits per heavy atom. The molecule has 4 rings (SSSR count). The van der Waals surface area contributed by atoms with E-state index in [-0.39, 0.29) is 30.2 Å². The predicted octanol–water partition coefficient (Wildman–Crippen LogP) is 3.24. The van der Waals surface area contributed by atoms with Gasteiger partial charge in [0.1, 0.15) is 5.75 Å². The Labute approximate surface area is 174 Å². The zero-order chi connectivity index (χ0) is 21.1. The first-order valence-corrected chi connectivity index (χ1v) is 9.69. The summed E-state index contributed by atoms with van der Waals surface area (Å²) in [7, 11) is 0. The molecule has 30 heavy (non-hydrogen) atoms. The van der Waals surface area contributed by atoms with Crippen molar-refractivity contribution in [2.75, 3.05) is 16.8 Å². The second-order valence-corrected chi connectivity index (χ2v) is 7.20. The number of benzene rings is 2. The molecular weight excluding hydrogens is 380 g/mol. The highest BCUT2D eigenvalue weighted by molar-refractivity contribution is 6.04. The molecule has 1 aromatic heterocycles. The number of amides is 2. The van der Waals surface area contributed by atoms with Gasteiger partial charge in [-0.1, -0.05) is 42.5 Å². The molecule has 0 spiro atoms. The number of phenolic OH excluding ortho intramolecular Hbond substituents is 1. The van der Waals surface area contributed by atoms with Crippen LogP contribution in [0.3, 0.4) is 0 Å². The maximum absolute atomic E-state index is 12.8. The van der Waals surface area contributed by atoms with Crippen LogP contribution < -0.4 is 15.5 Å². The first-order chi connectivity index (χ1) is 14.5. The number of carbonyl (C=O) groups excluding carboxylic acids is 2. The van der Waals surface area contributed by atoms with E-state index in [1.54, 1.807) is 35.2 Å². The molecule has 0 bridgehead atoms. The molecule has 3 N–H and O–H groups in total. The normalized spacial score (nSPS) is 13.9. The van der Waals surface area contributed by atoms with Gasteiger partial charge in [0.25, 0.3) is 5.91 Å². The molecule has 7 nitrogen and oxygen atoms in total. The second-order valence-electron chi connectivity index (χ2n) is 7.20. The highest BCUT2D eigenvalue weighted by Gasteiger charge is 2.26. The highest BCUT2D eigenvalue weighted by atomic mass is 16.3. The topological polar surface area (TPSA) is 94.6 Å². The monoisotopic (exact) mass is 402 g/mol. The van der Waals surface area contributed by atoms with Crippen molar-refractivity contribution in [2.24, 2.45) is 0 Å². The van der Waals surface area contributed by atoms with E-state index in [2.05, 4.69) is 15.6 Å². The molecule has 1 aliphatic rings. The Bertz CT molecular complexity index is 1070. The van der Waals surface area contributed by atoms with Crippen molar-refractivity contribution in [3.8, 4) is 5.75 Å². The number of aromatic nitrogens is 1. The minimum Gasteiger partial charge on any atom is -0.508 e. The minimum atomic E-state index is -0.288. The fourth-order valence-corrected chi connectivity index (χ4v) is 3.37. The summed E-state index contributed by atoms with van der Waals surface area (Å²) in [5, 5.41) is 15.4. The van der Waals surface area contributed by atoms with Crippen molar-refractivity contribution < 1.29 is 14.7 Å². The van der Waals surface area contributed by atoms with Crippen molar-refractivity contribution in [3.63, 3.8) is 0 Å². The van der Waals surface area contributed by atoms with E-state index >= 15 is 0 Å². The van der Waals surface area contributed by atoms with Gasteiger partial charge in [0.15, 0.2) is 5.82 Å². The van der Waals surface area contributed by atoms with E-state index in [1.165, 1.54) is 6.20 Å². The predicted molar refractivity (Wildman–Crippen MR) is 114 cm³/mol. The lowest BCUT2D eigenvalue weighted by molar-refractivity contribution is -0.117. The Kier molecular flexibility index (Phi) is 5.34. The van der Waals surface area contributed by atoms with Crippen LogP contribution in [-0.4, -0.2) is 28.4 Å². The van der Waals surface area contributed by atoms with Gasteiger partial charge in [0.2, 0.25) is 5.91 Å². The van der Waals surface area contributed by atoms with E-state index < -0.39 is 0 Å². The number of pyridine rings is 1. The molecule has 7 heteroatoms. The molecule has 0 radical (unpaired) electrons. The van der Waals surface area contributed by atoms with Crippen LogP contribution in [0.5, 0.6) is 5.75 Å². The highest BCUT2D eigenvalue weighted by Crippen LogP contribution is 2.30. The van der Waals surface area contributed by atoms with Crippen LogP contribution in [0.1, 0.15) is 34.5 Å². The summed E-state index contributed by atoms with van der Waals surface area (Å²) in [5.74, 6) is 0.382. The number of rotatable bonds is 5. The molecule has 1 unspecified atom stereocenters. The Morgan fingerprint density at radius 1 is 1.20 bits per heavy atom. The number of phenols is 1. The van der Waals surface area contributed by atoms with Gasteiger partial charge in [0.05, 0.1) is 30.4 Å². The van der Waals surface area contributed by atoms with Gasteiger partial charge in [-0.05, 0) is 36.2 Å². The van der Waals surface area contributed by atoms with Gasteiger partial charge in [-0.25, -0.2) is 4.98 Å². The van der Waals surface area contributed by atoms with Crippen molar-refractivity contribution in [2.45, 2.75) is 19.5 Å². The van der Waals surface area contributed by atoms with Crippen LogP contribution in [0.2, 0.25) is 0 Å². The van der Waals surface area contributed by atoms with Crippen molar-refractivity contribution in [1.82, 2.24) is 10.3 Å². The Morgan fingerprint density at radius 3 is 2.67 bits per heavy atom. The van der Waals surface area contributed by atoms with Gasteiger partial charge in [-0.15, -0.1) is 0 Å². The van der Waals surface area contributed by atoms with Gasteiger partial charge < -0.3 is 20.6 Å². The third kappa shape index (κ3) is 4.10. The maximum atomic E-state index is 12.8. The fourth-order valence-electron chi connectivity index (χ4n) is 3.37. The lowest BCUT2D eigenvalue weighted by Crippen LogP contribution is -2.40. The van der Waals surface area contributed by atoms with Crippen LogP contribution in [0, 0.1) is 0 Å². The van der Waals surface area contributed by atoms with Crippen LogP contribution in [0.4, 0.5) is 11.5 Å². The molecule has 0 saturated carbocycles. The van der Waals surface area contributed by atoms with Crippen molar-refractivity contribution in [1.29, 1.82) is 0 Å². The van der Waals surface area contributed by atoms with Crippen LogP contribution >= 0.6 is 0 Å². The van der Waals surface area contributed by atoms with Crippen molar-refractivity contribution >= 4 is 23.3 Å². The molecule has 0 aliphatic carbocycles. The molecule has 2 heterocycles. The number of hydrogen-bond acceptors (Lipinski definition) is 5. The average Bonchev–Trinajstić information content (AvgIpc) is 2.76. The summed E-state index contributed by atoms with van der Waals surface area (Å²) in [6, 6.07) is 17.8. The smallest absolute Gasteiger partial charge is 0.253 e. The first-order valence-electron chi connectivity index (χ1n) is 9.69. The zero-order valence-corrected chi connectivity index (χ0v) is 16.5. The molecule has 2 aromatic carbocycles. The summed E-state index contributed by atoms with van der Waals surface area (Å²) in [6.45, 7) is 2.43. The fraction of sp³-hybridized carbons (Fsp3) is 0.174. The van der Waals surface area contributed by atoms with E-state index in [4.69, 9.17) is 0 Å². The molecule has 1 atom stereocenters. The number of aromatic hydroxyl groups is 1. The minimum absolute atomic E-state index is 0.0804. The van der Waals surface area contributed by atoms with E-state index in [9.17, 15) is 14.7 Å². The molecular formula is C23H22N4O3. The number of anilines is 2. The number of hydrogen-bond donors (Lipinski definition) is 3. The number of nitrogens with zero attached hydrogens (tertiary/aromatic N) is 2. The number of nitrogens with one attached hydrogen (secondary N) is 2. The third-order valence-corrected chi connectivity index (χ3v) is 5.05. The summed E-state index contributed by atoms with van der Waals surface area (Å²) >= 11 is 0. The maximum Gasteiger partial charge on any atom is 0.253 e. The number of carbonyl (C=O) groups is 2. The van der Waals surface area contributed by atoms with Gasteiger partial charge in [0, 0.05) is 6.20 Å². The lowest BCUT2D eigenvalue weighted by atomic mass is 10.1. The first kappa shape index (κ1) is 19.4. The Balaban J connectivity index is 1.56. The van der Waals surface area contributed by atoms with Gasteiger partial charge in [-0.3, -0.25) is 9.59 Å². The number of fused-ring (bicyclic) bond motifs is 1. The van der Waals surface area contributed by atoms with Gasteiger partial charge in [-0.2, -0.15) is 0 Å². The molecule has 1 aliphatic heterocycles. The van der Waals surface area contributed by atoms with Gasteiger partial charge >= 0.3 is 0 Å². The molecule has 0 fully saturated rings. The second kappa shape index (κ2) is 8.24. The summed E-state index contributed by atoms with van der Waals surface area (Å²) in [4.78, 5) is 31.4. The van der Waals surface area contributed by atoms with Crippen molar-refractivity contribution in [3.05, 3.63) is 83.6 Å². The molecule has 2 amide bonds. The van der Waals surface area contributed by atoms with E-state index in [0.717, 1.165) is 11.1 Å². The zero-order valence-electron chi connectivity index (χ0n) is 16.5. The Hall–Kier alpha value is -3.87. The summed E-state index contributed by atoms with van der Waals surface area (Å²) in [6.07, 6.45) is 1.50. The molecule has 0 saturated heterocycles. The summed E-state index contributed by atoms with van der Waals surface area (Å²) in [5.41, 5.74) is 2.82. The lowest BCUT2D eigenvalue weighted by Gasteiger charge is -2.30. The van der Waals surface area contributed by atoms with E-state index in [0.29, 0.717) is 23.6 Å². The van der Waals surface area contributed by atoms with Crippen LogP contribution in [-0.2, 0) is 11.3 Å². The van der Waals surface area contributed by atoms with Crippen LogP contribution in [0.25, 0.3) is 0 Å². The standard InChI is InChI=1S/C23H22N4O3/c1-15(17-7-9-19(28)10-8-17)26-23(30)18-11-20-22(24-12-18)25-13-21(29)27(20)14-16-5-3-2-4-6-16/h2-12,15,28H,13-14H2,1H3,(H,24,25)(H,26,30).